The number of carbonyl (C=O) groups is 2. The van der Waals surface area contributed by atoms with Crippen molar-refractivity contribution < 1.29 is 29.6 Å². The van der Waals surface area contributed by atoms with Crippen molar-refractivity contribution in [3.8, 4) is 0 Å². The number of amides is 3. The van der Waals surface area contributed by atoms with E-state index < -0.39 is 55.1 Å². The lowest BCUT2D eigenvalue weighted by Gasteiger charge is -2.26. The topological polar surface area (TPSA) is 159 Å². The van der Waals surface area contributed by atoms with Crippen LogP contribution in [0.2, 0.25) is 0 Å². The number of carbonyl (C=O) groups excluding carboxylic acids is 2. The molecule has 0 aromatic carbocycles. The van der Waals surface area contributed by atoms with Crippen LogP contribution in [0.3, 0.4) is 0 Å². The van der Waals surface area contributed by atoms with Crippen molar-refractivity contribution in [3.63, 3.8) is 0 Å². The van der Waals surface area contributed by atoms with Gasteiger partial charge in [0, 0.05) is 6.54 Å². The number of aliphatic imine (C=N–C) groups is 1. The number of rotatable bonds is 3. The van der Waals surface area contributed by atoms with Crippen molar-refractivity contribution in [2.45, 2.75) is 37.5 Å². The fourth-order valence-electron chi connectivity index (χ4n) is 2.97. The highest BCUT2D eigenvalue weighted by Crippen LogP contribution is 2.31. The zero-order valence-electron chi connectivity index (χ0n) is 12.2. The zero-order chi connectivity index (χ0) is 16.9. The minimum Gasteiger partial charge on any atom is -0.394 e. The average Bonchev–Trinajstić information content (AvgIpc) is 2.94. The molecule has 0 saturated carbocycles. The molecule has 0 spiro atoms. The summed E-state index contributed by atoms with van der Waals surface area (Å²) in [4.78, 5) is 30.7. The number of amidine groups is 1. The fraction of sp³-hybridized carbons (Fsp3) is 0.667. The van der Waals surface area contributed by atoms with E-state index in [1.807, 2.05) is 0 Å². The Hall–Kier alpha value is -2.08. The van der Waals surface area contributed by atoms with E-state index in [9.17, 15) is 19.8 Å². The molecule has 0 aliphatic carbocycles. The molecule has 1 unspecified atom stereocenters. The van der Waals surface area contributed by atoms with Crippen LogP contribution in [-0.2, 0) is 9.53 Å². The van der Waals surface area contributed by atoms with E-state index in [0.717, 1.165) is 4.90 Å². The molecule has 11 heteroatoms. The maximum absolute atomic E-state index is 12.6. The van der Waals surface area contributed by atoms with Gasteiger partial charge >= 0.3 is 6.03 Å². The Bertz CT molecular complexity index is 594. The molecule has 0 radical (unpaired) electrons. The molecule has 0 aromatic heterocycles. The van der Waals surface area contributed by atoms with E-state index in [1.54, 1.807) is 6.92 Å². The molecule has 5 atom stereocenters. The maximum Gasteiger partial charge on any atom is 0.328 e. The van der Waals surface area contributed by atoms with Crippen LogP contribution in [0.15, 0.2) is 4.99 Å². The Morgan fingerprint density at radius 1 is 1.35 bits per heavy atom. The van der Waals surface area contributed by atoms with Crippen molar-refractivity contribution in [1.82, 2.24) is 15.1 Å². The van der Waals surface area contributed by atoms with Crippen molar-refractivity contribution in [3.05, 3.63) is 0 Å². The minimum atomic E-state index is -1.48. The van der Waals surface area contributed by atoms with E-state index in [1.165, 1.54) is 4.90 Å². The van der Waals surface area contributed by atoms with Gasteiger partial charge in [-0.2, -0.15) is 4.99 Å². The second-order valence-corrected chi connectivity index (χ2v) is 5.38. The van der Waals surface area contributed by atoms with E-state index in [-0.39, 0.29) is 12.4 Å². The van der Waals surface area contributed by atoms with Crippen LogP contribution in [0.25, 0.3) is 0 Å². The highest BCUT2D eigenvalue weighted by atomic mass is 16.6. The number of hydrogen-bond donors (Lipinski definition) is 5. The normalized spacial score (nSPS) is 37.1. The van der Waals surface area contributed by atoms with Crippen LogP contribution in [0.1, 0.15) is 6.92 Å². The SMILES string of the molecule is CCN1C(=O)N([C@@H]2O[C@H](CO)[C@H](O)[C@H]2O)C2=NC(=N)NC(=O)C21. The molecule has 3 heterocycles. The Morgan fingerprint density at radius 2 is 2.04 bits per heavy atom. The summed E-state index contributed by atoms with van der Waals surface area (Å²) in [5.74, 6) is -1.05. The van der Waals surface area contributed by atoms with Gasteiger partial charge in [0.15, 0.2) is 18.1 Å². The summed E-state index contributed by atoms with van der Waals surface area (Å²) < 4.78 is 5.35. The van der Waals surface area contributed by atoms with Crippen LogP contribution in [-0.4, -0.2) is 92.6 Å². The van der Waals surface area contributed by atoms with Gasteiger partial charge in [0.1, 0.15) is 18.3 Å². The number of nitrogens with one attached hydrogen (secondary N) is 2. The number of ether oxygens (including phenoxy) is 1. The summed E-state index contributed by atoms with van der Waals surface area (Å²) in [6.07, 6.45) is -5.22. The molecular formula is C12H17N5O6. The number of hydrogen-bond acceptors (Lipinski definition) is 7. The number of aliphatic hydroxyl groups is 3. The molecule has 0 aromatic rings. The van der Waals surface area contributed by atoms with E-state index in [0.29, 0.717) is 0 Å². The molecule has 3 aliphatic heterocycles. The van der Waals surface area contributed by atoms with Crippen molar-refractivity contribution >= 4 is 23.7 Å². The number of urea groups is 1. The number of guanidine groups is 1. The predicted molar refractivity (Wildman–Crippen MR) is 74.5 cm³/mol. The summed E-state index contributed by atoms with van der Waals surface area (Å²) >= 11 is 0. The summed E-state index contributed by atoms with van der Waals surface area (Å²) in [5, 5.41) is 38.9. The van der Waals surface area contributed by atoms with Crippen LogP contribution in [0.4, 0.5) is 4.79 Å². The highest BCUT2D eigenvalue weighted by molar-refractivity contribution is 6.25. The minimum absolute atomic E-state index is 0.0413. The quantitative estimate of drug-likeness (QED) is 0.372. The first-order valence-corrected chi connectivity index (χ1v) is 7.11. The lowest BCUT2D eigenvalue weighted by Crippen LogP contribution is -2.54. The van der Waals surface area contributed by atoms with Crippen LogP contribution in [0, 0.1) is 5.41 Å². The highest BCUT2D eigenvalue weighted by Gasteiger charge is 2.56. The first-order valence-electron chi connectivity index (χ1n) is 7.11. The molecule has 23 heavy (non-hydrogen) atoms. The molecule has 2 fully saturated rings. The Labute approximate surface area is 130 Å². The first-order chi connectivity index (χ1) is 10.9. The Balaban J connectivity index is 2.00. The lowest BCUT2D eigenvalue weighted by atomic mass is 10.1. The van der Waals surface area contributed by atoms with Gasteiger partial charge in [-0.05, 0) is 6.92 Å². The standard InChI is InChI=1S/C12H17N5O6/c1-2-16-5-8(14-11(13)15-9(5)21)17(12(16)22)10-7(20)6(19)4(3-18)23-10/h4-7,10,18-20H,2-3H2,1H3,(H2,13,15,21)/t4-,5?,6+,7-,10-/m1/s1. The monoisotopic (exact) mass is 327 g/mol. The molecular weight excluding hydrogens is 310 g/mol. The van der Waals surface area contributed by atoms with Gasteiger partial charge in [-0.1, -0.05) is 0 Å². The third-order valence-corrected chi connectivity index (χ3v) is 4.08. The summed E-state index contributed by atoms with van der Waals surface area (Å²) in [6, 6.07) is -1.65. The van der Waals surface area contributed by atoms with Gasteiger partial charge in [-0.15, -0.1) is 0 Å². The average molecular weight is 327 g/mol. The number of nitrogens with zero attached hydrogens (tertiary/aromatic N) is 3. The summed E-state index contributed by atoms with van der Waals surface area (Å²) in [5.41, 5.74) is 0. The molecule has 3 aliphatic rings. The van der Waals surface area contributed by atoms with Crippen LogP contribution in [0.5, 0.6) is 0 Å². The third-order valence-electron chi connectivity index (χ3n) is 4.08. The van der Waals surface area contributed by atoms with E-state index in [4.69, 9.17) is 15.3 Å². The van der Waals surface area contributed by atoms with Gasteiger partial charge in [0.05, 0.1) is 6.61 Å². The third kappa shape index (κ3) is 2.20. The zero-order valence-corrected chi connectivity index (χ0v) is 12.2. The fourth-order valence-corrected chi connectivity index (χ4v) is 2.97. The number of fused-ring (bicyclic) bond motifs is 1. The van der Waals surface area contributed by atoms with Crippen LogP contribution < -0.4 is 5.32 Å². The lowest BCUT2D eigenvalue weighted by molar-refractivity contribution is -0.121. The number of likely N-dealkylation sites (N-methyl/N-ethyl adjacent to an activating group) is 1. The van der Waals surface area contributed by atoms with Crippen molar-refractivity contribution in [2.75, 3.05) is 13.2 Å². The van der Waals surface area contributed by atoms with Gasteiger partial charge in [-0.3, -0.25) is 15.5 Å². The van der Waals surface area contributed by atoms with Crippen molar-refractivity contribution in [1.29, 1.82) is 5.41 Å². The molecule has 3 amide bonds. The molecule has 3 rings (SSSR count). The van der Waals surface area contributed by atoms with Gasteiger partial charge in [0.25, 0.3) is 5.91 Å². The van der Waals surface area contributed by atoms with E-state index in [2.05, 4.69) is 10.3 Å². The summed E-state index contributed by atoms with van der Waals surface area (Å²) in [7, 11) is 0. The first kappa shape index (κ1) is 15.8. The second-order valence-electron chi connectivity index (χ2n) is 5.38. The van der Waals surface area contributed by atoms with Gasteiger partial charge in [-0.25, -0.2) is 9.69 Å². The van der Waals surface area contributed by atoms with Crippen molar-refractivity contribution in [2.24, 2.45) is 4.99 Å². The van der Waals surface area contributed by atoms with E-state index >= 15 is 0 Å². The Morgan fingerprint density at radius 3 is 2.61 bits per heavy atom. The number of aliphatic hydroxyl groups excluding tert-OH is 3. The molecule has 5 N–H and O–H groups in total. The second kappa shape index (κ2) is 5.53. The molecule has 0 bridgehead atoms. The molecule has 11 nitrogen and oxygen atoms in total. The van der Waals surface area contributed by atoms with Gasteiger partial charge < -0.3 is 25.0 Å². The maximum atomic E-state index is 12.6. The largest absolute Gasteiger partial charge is 0.394 e. The van der Waals surface area contributed by atoms with Gasteiger partial charge in [0.2, 0.25) is 5.96 Å². The molecule has 126 valence electrons. The molecule has 2 saturated heterocycles. The summed E-state index contributed by atoms with van der Waals surface area (Å²) in [6.45, 7) is 1.33. The predicted octanol–water partition coefficient (Wildman–Crippen LogP) is -2.99. The smallest absolute Gasteiger partial charge is 0.328 e. The Kier molecular flexibility index (Phi) is 3.80. The van der Waals surface area contributed by atoms with Crippen LogP contribution >= 0.6 is 0 Å².